The van der Waals surface area contributed by atoms with Crippen LogP contribution in [-0.2, 0) is 6.42 Å². The minimum Gasteiger partial charge on any atom is -0.383 e. The fourth-order valence-corrected chi connectivity index (χ4v) is 2.16. The number of anilines is 1. The first-order chi connectivity index (χ1) is 9.16. The highest BCUT2D eigenvalue weighted by atomic mass is 79.9. The highest BCUT2D eigenvalue weighted by Gasteiger charge is 2.07. The van der Waals surface area contributed by atoms with Crippen LogP contribution in [0.4, 0.5) is 14.5 Å². The van der Waals surface area contributed by atoms with E-state index in [1.54, 1.807) is 0 Å². The molecule has 2 rings (SSSR count). The van der Waals surface area contributed by atoms with E-state index in [2.05, 4.69) is 33.4 Å². The summed E-state index contributed by atoms with van der Waals surface area (Å²) in [4.78, 5) is 0. The zero-order valence-corrected chi connectivity index (χ0v) is 11.9. The summed E-state index contributed by atoms with van der Waals surface area (Å²) in [6.45, 7) is 0.643. The normalized spacial score (nSPS) is 10.5. The van der Waals surface area contributed by atoms with Crippen LogP contribution < -0.4 is 5.32 Å². The minimum atomic E-state index is -0.590. The smallest absolute Gasteiger partial charge is 0.149 e. The van der Waals surface area contributed by atoms with Crippen LogP contribution in [0.3, 0.4) is 0 Å². The van der Waals surface area contributed by atoms with E-state index >= 15 is 0 Å². The van der Waals surface area contributed by atoms with Gasteiger partial charge in [0.15, 0.2) is 0 Å². The predicted octanol–water partition coefficient (Wildman–Crippen LogP) is 4.77. The number of hydrogen-bond acceptors (Lipinski definition) is 1. The molecule has 0 aliphatic carbocycles. The lowest BCUT2D eigenvalue weighted by molar-refractivity contribution is 0.580. The zero-order valence-electron chi connectivity index (χ0n) is 10.3. The van der Waals surface area contributed by atoms with Crippen LogP contribution in [0, 0.1) is 11.6 Å². The summed E-state index contributed by atoms with van der Waals surface area (Å²) in [5, 5.41) is 2.98. The Kier molecular flexibility index (Phi) is 4.91. The number of aryl methyl sites for hydroxylation is 1. The third-order valence-corrected chi connectivity index (χ3v) is 3.42. The monoisotopic (exact) mass is 325 g/mol. The quantitative estimate of drug-likeness (QED) is 0.616. The first kappa shape index (κ1) is 14.0. The number of halogens is 3. The van der Waals surface area contributed by atoms with Gasteiger partial charge in [-0.2, -0.15) is 0 Å². The molecule has 0 heterocycles. The Morgan fingerprint density at radius 2 is 1.74 bits per heavy atom. The first-order valence-corrected chi connectivity index (χ1v) is 6.88. The molecule has 0 aromatic heterocycles. The van der Waals surface area contributed by atoms with Crippen molar-refractivity contribution in [3.05, 3.63) is 64.1 Å². The van der Waals surface area contributed by atoms with Crippen LogP contribution in [0.2, 0.25) is 0 Å². The van der Waals surface area contributed by atoms with Crippen molar-refractivity contribution in [3.8, 4) is 0 Å². The predicted molar refractivity (Wildman–Crippen MR) is 77.3 cm³/mol. The molecule has 2 aromatic rings. The van der Waals surface area contributed by atoms with Gasteiger partial charge in [0.2, 0.25) is 0 Å². The van der Waals surface area contributed by atoms with E-state index in [4.69, 9.17) is 0 Å². The second-order valence-corrected chi connectivity index (χ2v) is 5.12. The standard InChI is InChI=1S/C15H14BrF2N/c16-12-9-15(14(18)10-13(12)17)19-8-4-7-11-5-2-1-3-6-11/h1-3,5-6,9-10,19H,4,7-8H2. The van der Waals surface area contributed by atoms with Gasteiger partial charge < -0.3 is 5.32 Å². The molecular weight excluding hydrogens is 312 g/mol. The van der Waals surface area contributed by atoms with Crippen LogP contribution in [0.1, 0.15) is 12.0 Å². The van der Waals surface area contributed by atoms with Crippen molar-refractivity contribution < 1.29 is 8.78 Å². The maximum atomic E-state index is 13.5. The molecule has 4 heteroatoms. The van der Waals surface area contributed by atoms with Gasteiger partial charge in [-0.15, -0.1) is 0 Å². The molecule has 0 amide bonds. The molecule has 0 bridgehead atoms. The summed E-state index contributed by atoms with van der Waals surface area (Å²) in [5.41, 5.74) is 1.58. The maximum absolute atomic E-state index is 13.5. The number of hydrogen-bond donors (Lipinski definition) is 1. The first-order valence-electron chi connectivity index (χ1n) is 6.09. The van der Waals surface area contributed by atoms with Gasteiger partial charge >= 0.3 is 0 Å². The molecule has 2 aromatic carbocycles. The third-order valence-electron chi connectivity index (χ3n) is 2.81. The van der Waals surface area contributed by atoms with Crippen molar-refractivity contribution in [3.63, 3.8) is 0 Å². The van der Waals surface area contributed by atoms with E-state index in [1.807, 2.05) is 18.2 Å². The van der Waals surface area contributed by atoms with Gasteiger partial charge in [0.1, 0.15) is 11.6 Å². The molecule has 19 heavy (non-hydrogen) atoms. The van der Waals surface area contributed by atoms with Crippen LogP contribution in [-0.4, -0.2) is 6.54 Å². The van der Waals surface area contributed by atoms with Crippen molar-refractivity contribution in [1.82, 2.24) is 0 Å². The Hall–Kier alpha value is -1.42. The molecule has 0 saturated heterocycles. The van der Waals surface area contributed by atoms with Gasteiger partial charge in [0.25, 0.3) is 0 Å². The van der Waals surface area contributed by atoms with Crippen LogP contribution in [0.15, 0.2) is 46.9 Å². The second-order valence-electron chi connectivity index (χ2n) is 4.26. The lowest BCUT2D eigenvalue weighted by atomic mass is 10.1. The van der Waals surface area contributed by atoms with Gasteiger partial charge in [-0.25, -0.2) is 8.78 Å². The van der Waals surface area contributed by atoms with E-state index in [9.17, 15) is 8.78 Å². The lowest BCUT2D eigenvalue weighted by Crippen LogP contribution is -2.05. The molecule has 0 spiro atoms. The molecule has 0 fully saturated rings. The van der Waals surface area contributed by atoms with Crippen molar-refractivity contribution in [2.45, 2.75) is 12.8 Å². The Bertz CT molecular complexity index is 543. The molecule has 0 aliphatic rings. The number of rotatable bonds is 5. The SMILES string of the molecule is Fc1cc(F)c(NCCCc2ccccc2)cc1Br. The van der Waals surface area contributed by atoms with Crippen LogP contribution >= 0.6 is 15.9 Å². The summed E-state index contributed by atoms with van der Waals surface area (Å²) >= 11 is 3.04. The average molecular weight is 326 g/mol. The Balaban J connectivity index is 1.85. The molecule has 100 valence electrons. The van der Waals surface area contributed by atoms with E-state index < -0.39 is 11.6 Å². The van der Waals surface area contributed by atoms with Gasteiger partial charge in [-0.3, -0.25) is 0 Å². The minimum absolute atomic E-state index is 0.263. The molecule has 0 unspecified atom stereocenters. The van der Waals surface area contributed by atoms with Crippen molar-refractivity contribution >= 4 is 21.6 Å². The zero-order chi connectivity index (χ0) is 13.7. The largest absolute Gasteiger partial charge is 0.383 e. The van der Waals surface area contributed by atoms with E-state index in [0.29, 0.717) is 12.2 Å². The summed E-state index contributed by atoms with van der Waals surface area (Å²) < 4.78 is 26.8. The van der Waals surface area contributed by atoms with Gasteiger partial charge in [0, 0.05) is 12.6 Å². The summed E-state index contributed by atoms with van der Waals surface area (Å²) in [5.74, 6) is -1.16. The van der Waals surface area contributed by atoms with E-state index in [-0.39, 0.29) is 4.47 Å². The second kappa shape index (κ2) is 6.66. The fraction of sp³-hybridized carbons (Fsp3) is 0.200. The molecule has 0 radical (unpaired) electrons. The molecule has 0 atom stereocenters. The van der Waals surface area contributed by atoms with Crippen LogP contribution in [0.5, 0.6) is 0 Å². The number of benzene rings is 2. The van der Waals surface area contributed by atoms with Crippen molar-refractivity contribution in [1.29, 1.82) is 0 Å². The average Bonchev–Trinajstić information content (AvgIpc) is 2.41. The Morgan fingerprint density at radius 3 is 2.47 bits per heavy atom. The van der Waals surface area contributed by atoms with E-state index in [0.717, 1.165) is 18.9 Å². The van der Waals surface area contributed by atoms with Crippen molar-refractivity contribution in [2.24, 2.45) is 0 Å². The molecule has 0 saturated carbocycles. The molecule has 1 N–H and O–H groups in total. The van der Waals surface area contributed by atoms with Crippen LogP contribution in [0.25, 0.3) is 0 Å². The number of nitrogens with one attached hydrogen (secondary N) is 1. The third kappa shape index (κ3) is 4.03. The Morgan fingerprint density at radius 1 is 1.00 bits per heavy atom. The lowest BCUT2D eigenvalue weighted by Gasteiger charge is -2.08. The topological polar surface area (TPSA) is 12.0 Å². The summed E-state index contributed by atoms with van der Waals surface area (Å²) in [6.07, 6.45) is 1.82. The van der Waals surface area contributed by atoms with Gasteiger partial charge in [0.05, 0.1) is 10.2 Å². The van der Waals surface area contributed by atoms with E-state index in [1.165, 1.54) is 11.6 Å². The highest BCUT2D eigenvalue weighted by Crippen LogP contribution is 2.23. The van der Waals surface area contributed by atoms with Gasteiger partial charge in [-0.05, 0) is 40.4 Å². The highest BCUT2D eigenvalue weighted by molar-refractivity contribution is 9.10. The van der Waals surface area contributed by atoms with Gasteiger partial charge in [-0.1, -0.05) is 30.3 Å². The molecule has 0 aliphatic heterocycles. The maximum Gasteiger partial charge on any atom is 0.149 e. The summed E-state index contributed by atoms with van der Waals surface area (Å²) in [7, 11) is 0. The Labute approximate surface area is 119 Å². The summed E-state index contributed by atoms with van der Waals surface area (Å²) in [6, 6.07) is 12.4. The fourth-order valence-electron chi connectivity index (χ4n) is 1.82. The molecule has 1 nitrogen and oxygen atoms in total. The van der Waals surface area contributed by atoms with Crippen molar-refractivity contribution in [2.75, 3.05) is 11.9 Å². The molecular formula is C15H14BrF2N.